The molecular formula is C32H37N3O. The molecule has 3 aromatic rings. The minimum absolute atomic E-state index is 0.176. The summed E-state index contributed by atoms with van der Waals surface area (Å²) in [6, 6.07) is 26.8. The molecule has 0 N–H and O–H groups in total. The molecule has 2 fully saturated rings. The maximum Gasteiger partial charge on any atom is 0.253 e. The van der Waals surface area contributed by atoms with Gasteiger partial charge in [0.05, 0.1) is 0 Å². The highest BCUT2D eigenvalue weighted by atomic mass is 16.2. The van der Waals surface area contributed by atoms with E-state index in [1.807, 2.05) is 17.0 Å². The van der Waals surface area contributed by atoms with Crippen LogP contribution in [0.4, 0.5) is 0 Å². The highest BCUT2D eigenvalue weighted by Gasteiger charge is 2.27. The van der Waals surface area contributed by atoms with E-state index in [-0.39, 0.29) is 5.91 Å². The number of fused-ring (bicyclic) bond motifs is 1. The number of carbonyl (C=O) groups excluding carboxylic acids is 1. The molecule has 6 rings (SSSR count). The molecule has 0 saturated carbocycles. The number of benzene rings is 3. The van der Waals surface area contributed by atoms with Gasteiger partial charge in [0.2, 0.25) is 0 Å². The molecule has 2 saturated heterocycles. The molecule has 3 heterocycles. The summed E-state index contributed by atoms with van der Waals surface area (Å²) in [5.41, 5.74) is 7.66. The van der Waals surface area contributed by atoms with Crippen molar-refractivity contribution in [2.45, 2.75) is 51.2 Å². The minimum atomic E-state index is 0.176. The number of rotatable bonds is 5. The van der Waals surface area contributed by atoms with Crippen molar-refractivity contribution < 1.29 is 4.79 Å². The molecule has 0 unspecified atom stereocenters. The predicted octanol–water partition coefficient (Wildman–Crippen LogP) is 5.61. The van der Waals surface area contributed by atoms with Gasteiger partial charge in [0.1, 0.15) is 0 Å². The molecule has 4 heteroatoms. The van der Waals surface area contributed by atoms with E-state index in [2.05, 4.69) is 70.5 Å². The van der Waals surface area contributed by atoms with Crippen LogP contribution in [0, 0.1) is 0 Å². The summed E-state index contributed by atoms with van der Waals surface area (Å²) in [4.78, 5) is 20.0. The Morgan fingerprint density at radius 3 is 2.22 bits per heavy atom. The fraction of sp³-hybridized carbons (Fsp3) is 0.406. The molecule has 3 aliphatic rings. The van der Waals surface area contributed by atoms with Crippen molar-refractivity contribution >= 4 is 5.91 Å². The van der Waals surface area contributed by atoms with E-state index in [4.69, 9.17) is 0 Å². The summed E-state index contributed by atoms with van der Waals surface area (Å²) in [7, 11) is 0. The fourth-order valence-electron chi connectivity index (χ4n) is 6.26. The van der Waals surface area contributed by atoms with Gasteiger partial charge >= 0.3 is 0 Å². The van der Waals surface area contributed by atoms with Crippen LogP contribution < -0.4 is 0 Å². The molecule has 4 nitrogen and oxygen atoms in total. The van der Waals surface area contributed by atoms with Crippen LogP contribution in [0.15, 0.2) is 72.8 Å². The Balaban J connectivity index is 1.06. The van der Waals surface area contributed by atoms with Crippen molar-refractivity contribution in [3.63, 3.8) is 0 Å². The maximum atomic E-state index is 12.7. The Morgan fingerprint density at radius 2 is 1.47 bits per heavy atom. The average Bonchev–Trinajstić information content (AvgIpc) is 3.48. The van der Waals surface area contributed by atoms with Gasteiger partial charge in [0.15, 0.2) is 0 Å². The molecule has 0 radical (unpaired) electrons. The average molecular weight is 480 g/mol. The largest absolute Gasteiger partial charge is 0.339 e. The highest BCUT2D eigenvalue weighted by Crippen LogP contribution is 2.29. The highest BCUT2D eigenvalue weighted by molar-refractivity contribution is 5.94. The van der Waals surface area contributed by atoms with Crippen LogP contribution in [-0.2, 0) is 19.5 Å². The summed E-state index contributed by atoms with van der Waals surface area (Å²) in [6.45, 7) is 7.48. The van der Waals surface area contributed by atoms with Crippen molar-refractivity contribution in [2.75, 3.05) is 32.7 Å². The number of amides is 1. The Labute approximate surface area is 215 Å². The summed E-state index contributed by atoms with van der Waals surface area (Å²) in [5, 5.41) is 0. The standard InChI is InChI=1S/C32H37N3O/c36-32(34-17-4-5-18-34)27-10-8-26(9-11-27)28-12-13-30-24-35(21-14-29(30)22-28)31-15-19-33(20-16-31)23-25-6-2-1-3-7-25/h1-3,6-13,22,31H,4-5,14-21,23-24H2. The Kier molecular flexibility index (Phi) is 6.89. The number of likely N-dealkylation sites (tertiary alicyclic amines) is 2. The third-order valence-electron chi connectivity index (χ3n) is 8.43. The second-order valence-electron chi connectivity index (χ2n) is 10.8. The van der Waals surface area contributed by atoms with E-state index in [1.54, 1.807) is 0 Å². The van der Waals surface area contributed by atoms with Crippen LogP contribution in [-0.4, -0.2) is 59.4 Å². The lowest BCUT2D eigenvalue weighted by Crippen LogP contribution is -2.46. The van der Waals surface area contributed by atoms with Crippen molar-refractivity contribution in [2.24, 2.45) is 0 Å². The van der Waals surface area contributed by atoms with Crippen LogP contribution in [0.3, 0.4) is 0 Å². The number of hydrogen-bond donors (Lipinski definition) is 0. The number of carbonyl (C=O) groups is 1. The Bertz CT molecular complexity index is 1180. The summed E-state index contributed by atoms with van der Waals surface area (Å²) < 4.78 is 0. The Hall–Kier alpha value is -2.95. The topological polar surface area (TPSA) is 26.8 Å². The number of nitrogens with zero attached hydrogens (tertiary/aromatic N) is 3. The van der Waals surface area contributed by atoms with Crippen LogP contribution in [0.5, 0.6) is 0 Å². The number of hydrogen-bond acceptors (Lipinski definition) is 3. The van der Waals surface area contributed by atoms with Crippen LogP contribution in [0.1, 0.15) is 52.7 Å². The summed E-state index contributed by atoms with van der Waals surface area (Å²) in [6.07, 6.45) is 5.91. The van der Waals surface area contributed by atoms with Gasteiger partial charge in [-0.1, -0.05) is 60.7 Å². The first-order valence-electron chi connectivity index (χ1n) is 13.7. The second-order valence-corrected chi connectivity index (χ2v) is 10.8. The van der Waals surface area contributed by atoms with E-state index >= 15 is 0 Å². The first-order chi connectivity index (χ1) is 17.7. The van der Waals surface area contributed by atoms with Crippen LogP contribution in [0.25, 0.3) is 11.1 Å². The molecule has 0 aliphatic carbocycles. The van der Waals surface area contributed by atoms with E-state index in [9.17, 15) is 4.79 Å². The molecule has 36 heavy (non-hydrogen) atoms. The van der Waals surface area contributed by atoms with Crippen molar-refractivity contribution in [1.29, 1.82) is 0 Å². The van der Waals surface area contributed by atoms with Crippen molar-refractivity contribution in [3.8, 4) is 11.1 Å². The molecule has 0 bridgehead atoms. The van der Waals surface area contributed by atoms with Gasteiger partial charge in [-0.15, -0.1) is 0 Å². The molecule has 0 atom stereocenters. The van der Waals surface area contributed by atoms with Gasteiger partial charge in [0.25, 0.3) is 5.91 Å². The van der Waals surface area contributed by atoms with Gasteiger partial charge in [-0.2, -0.15) is 0 Å². The first kappa shape index (κ1) is 23.4. The second kappa shape index (κ2) is 10.6. The van der Waals surface area contributed by atoms with Crippen molar-refractivity contribution in [1.82, 2.24) is 14.7 Å². The fourth-order valence-corrected chi connectivity index (χ4v) is 6.26. The smallest absolute Gasteiger partial charge is 0.253 e. The zero-order valence-corrected chi connectivity index (χ0v) is 21.2. The van der Waals surface area contributed by atoms with Gasteiger partial charge in [-0.3, -0.25) is 14.6 Å². The van der Waals surface area contributed by atoms with E-state index in [0.717, 1.165) is 57.5 Å². The van der Waals surface area contributed by atoms with Gasteiger partial charge in [-0.05, 0) is 85.1 Å². The van der Waals surface area contributed by atoms with Gasteiger partial charge in [0, 0.05) is 44.3 Å². The van der Waals surface area contributed by atoms with Crippen molar-refractivity contribution in [3.05, 3.63) is 95.1 Å². The zero-order valence-electron chi connectivity index (χ0n) is 21.2. The lowest BCUT2D eigenvalue weighted by Gasteiger charge is -2.40. The molecule has 3 aromatic carbocycles. The molecular weight excluding hydrogens is 442 g/mol. The predicted molar refractivity (Wildman–Crippen MR) is 146 cm³/mol. The Morgan fingerprint density at radius 1 is 0.750 bits per heavy atom. The van der Waals surface area contributed by atoms with Crippen LogP contribution in [0.2, 0.25) is 0 Å². The first-order valence-corrected chi connectivity index (χ1v) is 13.7. The molecule has 0 spiro atoms. The maximum absolute atomic E-state index is 12.7. The molecule has 1 amide bonds. The molecule has 0 aromatic heterocycles. The van der Waals surface area contributed by atoms with Gasteiger partial charge in [-0.25, -0.2) is 0 Å². The minimum Gasteiger partial charge on any atom is -0.339 e. The molecule has 186 valence electrons. The quantitative estimate of drug-likeness (QED) is 0.476. The van der Waals surface area contributed by atoms with E-state index in [0.29, 0.717) is 6.04 Å². The zero-order chi connectivity index (χ0) is 24.3. The third-order valence-corrected chi connectivity index (χ3v) is 8.43. The normalized spacial score (nSPS) is 19.4. The van der Waals surface area contributed by atoms with E-state index < -0.39 is 0 Å². The number of piperidine rings is 1. The summed E-state index contributed by atoms with van der Waals surface area (Å²) >= 11 is 0. The van der Waals surface area contributed by atoms with Crippen LogP contribution >= 0.6 is 0 Å². The lowest BCUT2D eigenvalue weighted by molar-refractivity contribution is 0.0793. The van der Waals surface area contributed by atoms with E-state index in [1.165, 1.54) is 53.7 Å². The SMILES string of the molecule is O=C(c1ccc(-c2ccc3c(c2)CCN(C2CCN(Cc4ccccc4)CC2)C3)cc1)N1CCCC1. The monoisotopic (exact) mass is 479 g/mol. The van der Waals surface area contributed by atoms with Gasteiger partial charge < -0.3 is 4.90 Å². The summed E-state index contributed by atoms with van der Waals surface area (Å²) in [5.74, 6) is 0.176. The third kappa shape index (κ3) is 5.11. The molecule has 3 aliphatic heterocycles. The lowest BCUT2D eigenvalue weighted by atomic mass is 9.92.